The maximum Gasteiger partial charge on any atom is 0.0736 e. The number of rotatable bonds is 1. The van der Waals surface area contributed by atoms with Crippen LogP contribution in [0.3, 0.4) is 0 Å². The summed E-state index contributed by atoms with van der Waals surface area (Å²) in [6, 6.07) is 24.3. The summed E-state index contributed by atoms with van der Waals surface area (Å²) in [5.74, 6) is 0. The van der Waals surface area contributed by atoms with Crippen molar-refractivity contribution in [2.45, 2.75) is 12.8 Å². The van der Waals surface area contributed by atoms with Crippen LogP contribution in [0.1, 0.15) is 41.2 Å². The fourth-order valence-corrected chi connectivity index (χ4v) is 4.42. The molecule has 3 aliphatic heterocycles. The molecule has 0 radical (unpaired) electrons. The largest absolute Gasteiger partial charge is 0.399 e. The van der Waals surface area contributed by atoms with Crippen molar-refractivity contribution in [2.24, 2.45) is 0 Å². The number of nitrogens with zero attached hydrogens (tertiary/aromatic N) is 2. The monoisotopic (exact) mass is 473 g/mol. The Kier molecular flexibility index (Phi) is 5.93. The SMILES string of the molecule is C1CCOC1.Nc1ccc(C2=Cc3cc4ccc(cc5nc(cc6ccc(cc2n3)[nH]6)C=C5)[nH]4)cc1. The summed E-state index contributed by atoms with van der Waals surface area (Å²) in [5, 5.41) is 0. The number of nitrogens with one attached hydrogen (secondary N) is 2. The van der Waals surface area contributed by atoms with Crippen LogP contribution in [0.2, 0.25) is 0 Å². The number of ether oxygens (including phenoxy) is 1. The van der Waals surface area contributed by atoms with Crippen LogP contribution < -0.4 is 5.73 Å². The van der Waals surface area contributed by atoms with Crippen molar-refractivity contribution in [3.8, 4) is 0 Å². The molecule has 178 valence electrons. The predicted molar refractivity (Wildman–Crippen MR) is 148 cm³/mol. The molecule has 4 aromatic rings. The van der Waals surface area contributed by atoms with Gasteiger partial charge in [0, 0.05) is 46.5 Å². The first-order valence-electron chi connectivity index (χ1n) is 12.2. The van der Waals surface area contributed by atoms with Crippen LogP contribution in [0.4, 0.5) is 5.69 Å². The van der Waals surface area contributed by atoms with Crippen molar-refractivity contribution in [1.29, 1.82) is 0 Å². The maximum absolute atomic E-state index is 5.89. The molecule has 3 aliphatic rings. The van der Waals surface area contributed by atoms with Gasteiger partial charge < -0.3 is 20.4 Å². The van der Waals surface area contributed by atoms with Crippen molar-refractivity contribution in [3.05, 3.63) is 101 Å². The second kappa shape index (κ2) is 9.68. The van der Waals surface area contributed by atoms with Gasteiger partial charge in [0.2, 0.25) is 0 Å². The highest BCUT2D eigenvalue weighted by Gasteiger charge is 2.12. The van der Waals surface area contributed by atoms with Crippen LogP contribution in [-0.4, -0.2) is 33.1 Å². The van der Waals surface area contributed by atoms with Crippen LogP contribution in [0.5, 0.6) is 0 Å². The van der Waals surface area contributed by atoms with Crippen LogP contribution in [-0.2, 0) is 4.74 Å². The lowest BCUT2D eigenvalue weighted by Crippen LogP contribution is -1.88. The third-order valence-electron chi connectivity index (χ3n) is 6.21. The third kappa shape index (κ3) is 4.99. The highest BCUT2D eigenvalue weighted by Crippen LogP contribution is 2.29. The Morgan fingerprint density at radius 2 is 1.19 bits per heavy atom. The van der Waals surface area contributed by atoms with Crippen molar-refractivity contribution in [1.82, 2.24) is 19.9 Å². The Bertz CT molecular complexity index is 1610. The molecule has 8 bridgehead atoms. The molecular formula is C30H27N5O. The molecule has 0 amide bonds. The van der Waals surface area contributed by atoms with E-state index in [0.717, 1.165) is 74.9 Å². The Morgan fingerprint density at radius 3 is 1.75 bits per heavy atom. The zero-order valence-electron chi connectivity index (χ0n) is 19.9. The molecule has 0 atom stereocenters. The van der Waals surface area contributed by atoms with Crippen molar-refractivity contribution < 1.29 is 4.74 Å². The van der Waals surface area contributed by atoms with Gasteiger partial charge in [-0.15, -0.1) is 0 Å². The molecule has 7 rings (SSSR count). The van der Waals surface area contributed by atoms with E-state index in [-0.39, 0.29) is 0 Å². The minimum atomic E-state index is 0.745. The Balaban J connectivity index is 0.000000431. The molecule has 0 spiro atoms. The molecule has 6 heterocycles. The van der Waals surface area contributed by atoms with Crippen LogP contribution in [0, 0.1) is 0 Å². The summed E-state index contributed by atoms with van der Waals surface area (Å²) in [5.41, 5.74) is 16.4. The van der Waals surface area contributed by atoms with Crippen LogP contribution >= 0.6 is 0 Å². The van der Waals surface area contributed by atoms with E-state index < -0.39 is 0 Å². The Morgan fingerprint density at radius 1 is 0.639 bits per heavy atom. The van der Waals surface area contributed by atoms with Gasteiger partial charge in [0.15, 0.2) is 0 Å². The third-order valence-corrected chi connectivity index (χ3v) is 6.21. The fourth-order valence-electron chi connectivity index (χ4n) is 4.42. The number of nitrogens with two attached hydrogens (primary N) is 1. The van der Waals surface area contributed by atoms with Gasteiger partial charge in [-0.25, -0.2) is 9.97 Å². The topological polar surface area (TPSA) is 92.6 Å². The van der Waals surface area contributed by atoms with Gasteiger partial charge in [-0.2, -0.15) is 0 Å². The number of hydrogen-bond donors (Lipinski definition) is 3. The lowest BCUT2D eigenvalue weighted by molar-refractivity contribution is 0.198. The zero-order chi connectivity index (χ0) is 24.3. The van der Waals surface area contributed by atoms with Crippen molar-refractivity contribution in [2.75, 3.05) is 18.9 Å². The summed E-state index contributed by atoms with van der Waals surface area (Å²) in [6.07, 6.45) is 8.71. The fraction of sp³-hybridized carbons (Fsp3) is 0.133. The standard InChI is InChI=1S/C26H19N5.C4H8O/c27-17-3-1-16(2-4-17)25-14-24-13-22-8-7-20(29-22)11-18-5-6-19(28-18)12-21-9-10-23(30-21)15-26(25)31-24;1-2-4-5-3-1/h1-15,29-30H,27H2;1-4H2. The maximum atomic E-state index is 5.89. The van der Waals surface area contributed by atoms with Gasteiger partial charge in [0.25, 0.3) is 0 Å². The highest BCUT2D eigenvalue weighted by molar-refractivity contribution is 5.93. The summed E-state index contributed by atoms with van der Waals surface area (Å²) < 4.78 is 4.94. The van der Waals surface area contributed by atoms with E-state index in [1.807, 2.05) is 48.6 Å². The number of nitrogen functional groups attached to an aromatic ring is 1. The number of aromatic amines is 2. The molecule has 3 aromatic heterocycles. The van der Waals surface area contributed by atoms with E-state index in [2.05, 4.69) is 57.4 Å². The van der Waals surface area contributed by atoms with Gasteiger partial charge in [-0.3, -0.25) is 0 Å². The first kappa shape index (κ1) is 22.1. The van der Waals surface area contributed by atoms with Gasteiger partial charge in [-0.1, -0.05) is 12.1 Å². The number of anilines is 1. The van der Waals surface area contributed by atoms with Crippen molar-refractivity contribution in [3.63, 3.8) is 0 Å². The molecule has 0 unspecified atom stereocenters. The highest BCUT2D eigenvalue weighted by atomic mass is 16.5. The lowest BCUT2D eigenvalue weighted by atomic mass is 10.0. The first-order chi connectivity index (χ1) is 17.7. The molecule has 6 heteroatoms. The molecule has 36 heavy (non-hydrogen) atoms. The summed E-state index contributed by atoms with van der Waals surface area (Å²) in [6.45, 7) is 2.00. The predicted octanol–water partition coefficient (Wildman–Crippen LogP) is 6.45. The molecule has 1 saturated heterocycles. The van der Waals surface area contributed by atoms with E-state index in [0.29, 0.717) is 0 Å². The normalized spacial score (nSPS) is 14.3. The molecule has 0 aliphatic carbocycles. The van der Waals surface area contributed by atoms with E-state index >= 15 is 0 Å². The minimum Gasteiger partial charge on any atom is -0.399 e. The number of fused-ring (bicyclic) bond motifs is 8. The molecular weight excluding hydrogens is 446 g/mol. The zero-order valence-corrected chi connectivity index (χ0v) is 19.9. The average molecular weight is 474 g/mol. The van der Waals surface area contributed by atoms with Crippen molar-refractivity contribution >= 4 is 51.6 Å². The van der Waals surface area contributed by atoms with Crippen LogP contribution in [0.15, 0.2) is 72.8 Å². The average Bonchev–Trinajstić information content (AvgIpc) is 3.69. The second-order valence-corrected chi connectivity index (χ2v) is 9.03. The summed E-state index contributed by atoms with van der Waals surface area (Å²) in [7, 11) is 0. The van der Waals surface area contributed by atoms with E-state index in [4.69, 9.17) is 15.5 Å². The lowest BCUT2D eigenvalue weighted by Gasteiger charge is -2.02. The number of hydrogen-bond acceptors (Lipinski definition) is 4. The first-order valence-corrected chi connectivity index (χ1v) is 12.2. The Labute approximate surface area is 209 Å². The molecule has 0 saturated carbocycles. The van der Waals surface area contributed by atoms with Gasteiger partial charge >= 0.3 is 0 Å². The summed E-state index contributed by atoms with van der Waals surface area (Å²) in [4.78, 5) is 16.5. The van der Waals surface area contributed by atoms with Gasteiger partial charge in [0.05, 0.1) is 22.8 Å². The number of benzene rings is 1. The Hall–Kier alpha value is -4.42. The van der Waals surface area contributed by atoms with E-state index in [1.54, 1.807) is 0 Å². The van der Waals surface area contributed by atoms with E-state index in [1.165, 1.54) is 12.8 Å². The quantitative estimate of drug-likeness (QED) is 0.239. The second-order valence-electron chi connectivity index (χ2n) is 9.03. The number of H-pyrrole nitrogens is 2. The molecule has 1 aromatic carbocycles. The number of aromatic nitrogens is 4. The van der Waals surface area contributed by atoms with E-state index in [9.17, 15) is 0 Å². The molecule has 4 N–H and O–H groups in total. The molecule has 1 fully saturated rings. The van der Waals surface area contributed by atoms with Gasteiger partial charge in [-0.05, 0) is 97.3 Å². The van der Waals surface area contributed by atoms with Gasteiger partial charge in [0.1, 0.15) is 0 Å². The van der Waals surface area contributed by atoms with Crippen LogP contribution in [0.25, 0.3) is 45.9 Å². The minimum absolute atomic E-state index is 0.745. The smallest absolute Gasteiger partial charge is 0.0736 e. The summed E-state index contributed by atoms with van der Waals surface area (Å²) >= 11 is 0. The molecule has 6 nitrogen and oxygen atoms in total.